The quantitative estimate of drug-likeness (QED) is 0.627. The zero-order valence-corrected chi connectivity index (χ0v) is 16.7. The monoisotopic (exact) mass is 379 g/mol. The van der Waals surface area contributed by atoms with Crippen molar-refractivity contribution in [2.45, 2.75) is 39.8 Å². The summed E-state index contributed by atoms with van der Waals surface area (Å²) in [6.45, 7) is 6.32. The van der Waals surface area contributed by atoms with Crippen LogP contribution < -0.4 is 5.32 Å². The number of carbonyl (C=O) groups excluding carboxylic acids is 1. The molecule has 0 fully saturated rings. The number of aromatic nitrogens is 2. The molecule has 0 radical (unpaired) electrons. The molecule has 1 aromatic heterocycles. The SMILES string of the molecule is CCc1ccc(-c2noc(CN[C@H](C(=O)OC)c3c(C)cccc3C)n2)cc1. The first-order valence-electron chi connectivity index (χ1n) is 9.32. The number of esters is 1. The van der Waals surface area contributed by atoms with Crippen LogP contribution in [0, 0.1) is 13.8 Å². The highest BCUT2D eigenvalue weighted by Crippen LogP contribution is 2.24. The molecule has 0 saturated carbocycles. The number of benzene rings is 2. The molecule has 0 aliphatic rings. The van der Waals surface area contributed by atoms with E-state index in [1.165, 1.54) is 12.7 Å². The van der Waals surface area contributed by atoms with Crippen LogP contribution in [-0.2, 0) is 22.5 Å². The maximum atomic E-state index is 12.4. The summed E-state index contributed by atoms with van der Waals surface area (Å²) in [7, 11) is 1.38. The molecule has 1 atom stereocenters. The third-order valence-electron chi connectivity index (χ3n) is 4.81. The molecule has 0 bridgehead atoms. The smallest absolute Gasteiger partial charge is 0.327 e. The standard InChI is InChI=1S/C22H25N3O3/c1-5-16-9-11-17(12-10-16)21-24-18(28-25-21)13-23-20(22(26)27-4)19-14(2)7-6-8-15(19)3/h6-12,20,23H,5,13H2,1-4H3/t20-/m0/s1. The Bertz CT molecular complexity index is 928. The molecule has 0 aliphatic heterocycles. The number of rotatable bonds is 7. The first-order valence-corrected chi connectivity index (χ1v) is 9.32. The van der Waals surface area contributed by atoms with Gasteiger partial charge in [0.2, 0.25) is 11.7 Å². The fourth-order valence-corrected chi connectivity index (χ4v) is 3.23. The van der Waals surface area contributed by atoms with E-state index in [0.717, 1.165) is 28.7 Å². The molecule has 1 N–H and O–H groups in total. The van der Waals surface area contributed by atoms with Crippen LogP contribution in [0.25, 0.3) is 11.4 Å². The lowest BCUT2D eigenvalue weighted by atomic mass is 9.96. The van der Waals surface area contributed by atoms with E-state index in [2.05, 4.69) is 34.5 Å². The molecule has 1 heterocycles. The highest BCUT2D eigenvalue weighted by atomic mass is 16.5. The molecular formula is C22H25N3O3. The molecule has 3 aromatic rings. The molecule has 2 aromatic carbocycles. The van der Waals surface area contributed by atoms with E-state index >= 15 is 0 Å². The van der Waals surface area contributed by atoms with Gasteiger partial charge < -0.3 is 9.26 Å². The summed E-state index contributed by atoms with van der Waals surface area (Å²) in [5.41, 5.74) is 5.09. The molecule has 28 heavy (non-hydrogen) atoms. The van der Waals surface area contributed by atoms with Crippen LogP contribution in [0.2, 0.25) is 0 Å². The fraction of sp³-hybridized carbons (Fsp3) is 0.318. The summed E-state index contributed by atoms with van der Waals surface area (Å²) in [5, 5.41) is 7.25. The van der Waals surface area contributed by atoms with Gasteiger partial charge in [-0.05, 0) is 42.5 Å². The molecular weight excluding hydrogens is 354 g/mol. The molecule has 0 spiro atoms. The summed E-state index contributed by atoms with van der Waals surface area (Å²) in [5.74, 6) is 0.586. The molecule has 0 aliphatic carbocycles. The lowest BCUT2D eigenvalue weighted by Gasteiger charge is -2.20. The van der Waals surface area contributed by atoms with E-state index in [4.69, 9.17) is 9.26 Å². The third-order valence-corrected chi connectivity index (χ3v) is 4.81. The normalized spacial score (nSPS) is 12.0. The second kappa shape index (κ2) is 8.80. The van der Waals surface area contributed by atoms with Gasteiger partial charge in [0.1, 0.15) is 6.04 Å². The van der Waals surface area contributed by atoms with Crippen LogP contribution in [0.1, 0.15) is 41.1 Å². The van der Waals surface area contributed by atoms with E-state index in [9.17, 15) is 4.79 Å². The number of hydrogen-bond donors (Lipinski definition) is 1. The van der Waals surface area contributed by atoms with E-state index in [1.807, 2.05) is 44.2 Å². The van der Waals surface area contributed by atoms with E-state index < -0.39 is 6.04 Å². The lowest BCUT2D eigenvalue weighted by molar-refractivity contribution is -0.143. The molecule has 0 amide bonds. The summed E-state index contributed by atoms with van der Waals surface area (Å²) in [6, 6.07) is 13.4. The van der Waals surface area contributed by atoms with Gasteiger partial charge in [0.15, 0.2) is 0 Å². The van der Waals surface area contributed by atoms with Gasteiger partial charge in [-0.2, -0.15) is 4.98 Å². The number of nitrogens with one attached hydrogen (secondary N) is 1. The van der Waals surface area contributed by atoms with Crippen LogP contribution in [0.15, 0.2) is 47.0 Å². The van der Waals surface area contributed by atoms with Crippen LogP contribution in [0.5, 0.6) is 0 Å². The van der Waals surface area contributed by atoms with Crippen LogP contribution in [-0.4, -0.2) is 23.2 Å². The summed E-state index contributed by atoms with van der Waals surface area (Å²) in [4.78, 5) is 16.8. The van der Waals surface area contributed by atoms with E-state index in [0.29, 0.717) is 11.7 Å². The van der Waals surface area contributed by atoms with Crippen molar-refractivity contribution in [3.8, 4) is 11.4 Å². The number of aryl methyl sites for hydroxylation is 3. The Hall–Kier alpha value is -2.99. The fourth-order valence-electron chi connectivity index (χ4n) is 3.23. The molecule has 6 nitrogen and oxygen atoms in total. The van der Waals surface area contributed by atoms with Gasteiger partial charge in [0.25, 0.3) is 0 Å². The van der Waals surface area contributed by atoms with E-state index in [-0.39, 0.29) is 12.5 Å². The number of methoxy groups -OCH3 is 1. The molecule has 0 saturated heterocycles. The second-order valence-electron chi connectivity index (χ2n) is 6.70. The first kappa shape index (κ1) is 19.8. The third kappa shape index (κ3) is 4.28. The zero-order valence-electron chi connectivity index (χ0n) is 16.7. The van der Waals surface area contributed by atoms with Gasteiger partial charge in [-0.15, -0.1) is 0 Å². The van der Waals surface area contributed by atoms with Crippen LogP contribution in [0.4, 0.5) is 0 Å². The maximum absolute atomic E-state index is 12.4. The van der Waals surface area contributed by atoms with Crippen molar-refractivity contribution < 1.29 is 14.1 Å². The summed E-state index contributed by atoms with van der Waals surface area (Å²) < 4.78 is 10.4. The molecule has 0 unspecified atom stereocenters. The topological polar surface area (TPSA) is 77.2 Å². The lowest BCUT2D eigenvalue weighted by Crippen LogP contribution is -2.30. The largest absolute Gasteiger partial charge is 0.468 e. The van der Waals surface area contributed by atoms with Gasteiger partial charge >= 0.3 is 5.97 Å². The second-order valence-corrected chi connectivity index (χ2v) is 6.70. The predicted octanol–water partition coefficient (Wildman–Crippen LogP) is 3.92. The Labute approximate surface area is 164 Å². The van der Waals surface area contributed by atoms with Crippen molar-refractivity contribution in [2.75, 3.05) is 7.11 Å². The Morgan fingerprint density at radius 3 is 2.43 bits per heavy atom. The number of nitrogens with zero attached hydrogens (tertiary/aromatic N) is 2. The summed E-state index contributed by atoms with van der Waals surface area (Å²) in [6.07, 6.45) is 0.981. The van der Waals surface area contributed by atoms with Gasteiger partial charge in [0, 0.05) is 5.56 Å². The highest BCUT2D eigenvalue weighted by molar-refractivity contribution is 5.78. The van der Waals surface area contributed by atoms with Crippen molar-refractivity contribution >= 4 is 5.97 Å². The number of carbonyl (C=O) groups is 1. The van der Waals surface area contributed by atoms with Crippen molar-refractivity contribution in [2.24, 2.45) is 0 Å². The van der Waals surface area contributed by atoms with Crippen LogP contribution >= 0.6 is 0 Å². The Balaban J connectivity index is 1.77. The van der Waals surface area contributed by atoms with Crippen molar-refractivity contribution in [3.63, 3.8) is 0 Å². The average molecular weight is 379 g/mol. The Kier molecular flexibility index (Phi) is 6.21. The maximum Gasteiger partial charge on any atom is 0.327 e. The molecule has 3 rings (SSSR count). The minimum atomic E-state index is -0.606. The minimum Gasteiger partial charge on any atom is -0.468 e. The predicted molar refractivity (Wildman–Crippen MR) is 107 cm³/mol. The number of ether oxygens (including phenoxy) is 1. The van der Waals surface area contributed by atoms with Crippen molar-refractivity contribution in [1.29, 1.82) is 0 Å². The van der Waals surface area contributed by atoms with E-state index in [1.54, 1.807) is 0 Å². The first-order chi connectivity index (χ1) is 13.5. The van der Waals surface area contributed by atoms with Crippen molar-refractivity contribution in [1.82, 2.24) is 15.5 Å². The zero-order chi connectivity index (χ0) is 20.1. The Morgan fingerprint density at radius 2 is 1.82 bits per heavy atom. The van der Waals surface area contributed by atoms with Crippen LogP contribution in [0.3, 0.4) is 0 Å². The highest BCUT2D eigenvalue weighted by Gasteiger charge is 2.25. The number of hydrogen-bond acceptors (Lipinski definition) is 6. The average Bonchev–Trinajstić information content (AvgIpc) is 3.18. The molecule has 146 valence electrons. The van der Waals surface area contributed by atoms with Gasteiger partial charge in [-0.25, -0.2) is 4.79 Å². The minimum absolute atomic E-state index is 0.258. The Morgan fingerprint density at radius 1 is 1.14 bits per heavy atom. The van der Waals surface area contributed by atoms with Gasteiger partial charge in [0.05, 0.1) is 13.7 Å². The molecule has 6 heteroatoms. The van der Waals surface area contributed by atoms with Gasteiger partial charge in [-0.1, -0.05) is 54.5 Å². The van der Waals surface area contributed by atoms with Gasteiger partial charge in [-0.3, -0.25) is 5.32 Å². The summed E-state index contributed by atoms with van der Waals surface area (Å²) >= 11 is 0. The van der Waals surface area contributed by atoms with Crippen molar-refractivity contribution in [3.05, 3.63) is 70.6 Å².